The molecule has 0 atom stereocenters. The van der Waals surface area contributed by atoms with Crippen LogP contribution in [0.3, 0.4) is 0 Å². The predicted molar refractivity (Wildman–Crippen MR) is 66.3 cm³/mol. The highest BCUT2D eigenvalue weighted by atomic mass is 79.9. The Morgan fingerprint density at radius 1 is 1.40 bits per heavy atom. The molecular formula is C11H21BrO3. The molecular weight excluding hydrogens is 260 g/mol. The Kier molecular flexibility index (Phi) is 15.8. The second-order valence-electron chi connectivity index (χ2n) is 2.73. The average Bonchev–Trinajstić information content (AvgIpc) is 2.20. The molecule has 0 aliphatic heterocycles. The number of alkyl halides is 1. The van der Waals surface area contributed by atoms with Crippen molar-refractivity contribution in [1.29, 1.82) is 0 Å². The fourth-order valence-corrected chi connectivity index (χ4v) is 0.919. The van der Waals surface area contributed by atoms with Crippen LogP contribution in [0.15, 0.2) is 12.2 Å². The van der Waals surface area contributed by atoms with Crippen molar-refractivity contribution < 1.29 is 14.3 Å². The van der Waals surface area contributed by atoms with Crippen LogP contribution >= 0.6 is 15.9 Å². The van der Waals surface area contributed by atoms with E-state index in [0.717, 1.165) is 30.4 Å². The fraction of sp³-hybridized carbons (Fsp3) is 0.727. The first-order valence-corrected chi connectivity index (χ1v) is 6.13. The van der Waals surface area contributed by atoms with Gasteiger partial charge < -0.3 is 14.3 Å². The smallest absolute Gasteiger partial charge is 0.154 e. The summed E-state index contributed by atoms with van der Waals surface area (Å²) in [5, 5.41) is 0.728. The van der Waals surface area contributed by atoms with Crippen molar-refractivity contribution in [3.05, 3.63) is 12.2 Å². The molecule has 3 nitrogen and oxygen atoms in total. The number of allylic oxidation sites excluding steroid dienone is 1. The minimum absolute atomic E-state index is 0.0370. The number of hydrogen-bond acceptors (Lipinski definition) is 3. The molecule has 0 aromatic rings. The maximum atomic E-state index is 9.69. The minimum Gasteiger partial charge on any atom is -0.353 e. The summed E-state index contributed by atoms with van der Waals surface area (Å²) in [6.07, 6.45) is 1.29. The van der Waals surface area contributed by atoms with Crippen LogP contribution < -0.4 is 0 Å². The summed E-state index contributed by atoms with van der Waals surface area (Å²) in [5.41, 5.74) is 0.926. The summed E-state index contributed by atoms with van der Waals surface area (Å²) in [6, 6.07) is 0. The van der Waals surface area contributed by atoms with Gasteiger partial charge in [-0.15, -0.1) is 0 Å². The monoisotopic (exact) mass is 280 g/mol. The number of rotatable bonds is 7. The highest BCUT2D eigenvalue weighted by Gasteiger charge is 1.94. The second-order valence-corrected chi connectivity index (χ2v) is 3.29. The van der Waals surface area contributed by atoms with E-state index in [1.54, 1.807) is 0 Å². The molecule has 90 valence electrons. The zero-order chi connectivity index (χ0) is 12.1. The average molecular weight is 281 g/mol. The van der Waals surface area contributed by atoms with Crippen molar-refractivity contribution in [3.63, 3.8) is 0 Å². The summed E-state index contributed by atoms with van der Waals surface area (Å²) in [4.78, 5) is 9.69. The Hall–Kier alpha value is -0.190. The summed E-state index contributed by atoms with van der Waals surface area (Å²) in [6.45, 7) is 10.8. The molecule has 0 amide bonds. The Balaban J connectivity index is 0. The molecule has 0 fully saturated rings. The number of halogens is 1. The maximum absolute atomic E-state index is 9.69. The van der Waals surface area contributed by atoms with Crippen LogP contribution in [-0.4, -0.2) is 31.1 Å². The van der Waals surface area contributed by atoms with Crippen molar-refractivity contribution in [1.82, 2.24) is 0 Å². The highest BCUT2D eigenvalue weighted by Crippen LogP contribution is 1.97. The van der Waals surface area contributed by atoms with Gasteiger partial charge in [0.15, 0.2) is 6.29 Å². The second kappa shape index (κ2) is 13.8. The maximum Gasteiger partial charge on any atom is 0.154 e. The lowest BCUT2D eigenvalue weighted by Gasteiger charge is -2.09. The standard InChI is InChI=1S/C6H14O2.C5H7BrO/c1-4-7-6(3)8-5-2;1-5(4-6)2-3-7/h6H,4-5H2,1-3H3;3H,1-2,4H2. The molecule has 0 aromatic carbocycles. The van der Waals surface area contributed by atoms with Crippen molar-refractivity contribution in [2.24, 2.45) is 0 Å². The van der Waals surface area contributed by atoms with Gasteiger partial charge in [-0.3, -0.25) is 0 Å². The van der Waals surface area contributed by atoms with E-state index in [0.29, 0.717) is 6.42 Å². The highest BCUT2D eigenvalue weighted by molar-refractivity contribution is 9.09. The number of hydrogen-bond donors (Lipinski definition) is 0. The lowest BCUT2D eigenvalue weighted by molar-refractivity contribution is -0.123. The molecule has 0 spiro atoms. The van der Waals surface area contributed by atoms with Crippen LogP contribution in [-0.2, 0) is 14.3 Å². The molecule has 0 radical (unpaired) electrons. The van der Waals surface area contributed by atoms with Crippen LogP contribution in [0.1, 0.15) is 27.2 Å². The largest absolute Gasteiger partial charge is 0.353 e. The third-order valence-electron chi connectivity index (χ3n) is 1.36. The number of ether oxygens (including phenoxy) is 2. The van der Waals surface area contributed by atoms with Gasteiger partial charge in [-0.2, -0.15) is 0 Å². The third kappa shape index (κ3) is 16.5. The molecule has 0 heterocycles. The molecule has 0 saturated heterocycles. The van der Waals surface area contributed by atoms with E-state index in [2.05, 4.69) is 22.5 Å². The van der Waals surface area contributed by atoms with Gasteiger partial charge in [0.05, 0.1) is 0 Å². The van der Waals surface area contributed by atoms with E-state index in [1.165, 1.54) is 0 Å². The van der Waals surface area contributed by atoms with Crippen LogP contribution in [0.2, 0.25) is 0 Å². The summed E-state index contributed by atoms with van der Waals surface area (Å²) >= 11 is 3.16. The van der Waals surface area contributed by atoms with Gasteiger partial charge in [-0.1, -0.05) is 28.1 Å². The zero-order valence-electron chi connectivity index (χ0n) is 9.79. The van der Waals surface area contributed by atoms with E-state index in [-0.39, 0.29) is 6.29 Å². The van der Waals surface area contributed by atoms with E-state index >= 15 is 0 Å². The number of carbonyl (C=O) groups is 1. The first kappa shape index (κ1) is 17.2. The number of aldehydes is 1. The van der Waals surface area contributed by atoms with E-state index in [1.807, 2.05) is 20.8 Å². The third-order valence-corrected chi connectivity index (χ3v) is 2.16. The molecule has 4 heteroatoms. The predicted octanol–water partition coefficient (Wildman–Crippen LogP) is 2.93. The summed E-state index contributed by atoms with van der Waals surface area (Å²) < 4.78 is 10.1. The van der Waals surface area contributed by atoms with E-state index in [9.17, 15) is 4.79 Å². The molecule has 0 rings (SSSR count). The first-order valence-electron chi connectivity index (χ1n) is 5.01. The summed E-state index contributed by atoms with van der Waals surface area (Å²) in [7, 11) is 0. The van der Waals surface area contributed by atoms with Gasteiger partial charge >= 0.3 is 0 Å². The molecule has 15 heavy (non-hydrogen) atoms. The van der Waals surface area contributed by atoms with Gasteiger partial charge in [0, 0.05) is 25.0 Å². The Morgan fingerprint density at radius 3 is 2.07 bits per heavy atom. The van der Waals surface area contributed by atoms with E-state index < -0.39 is 0 Å². The lowest BCUT2D eigenvalue weighted by atomic mass is 10.3. The van der Waals surface area contributed by atoms with Crippen LogP contribution in [0.4, 0.5) is 0 Å². The summed E-state index contributed by atoms with van der Waals surface area (Å²) in [5.74, 6) is 0. The molecule has 0 N–H and O–H groups in total. The molecule has 0 aliphatic carbocycles. The van der Waals surface area contributed by atoms with Crippen LogP contribution in [0.25, 0.3) is 0 Å². The van der Waals surface area contributed by atoms with Crippen molar-refractivity contribution in [2.45, 2.75) is 33.5 Å². The number of carbonyl (C=O) groups excluding carboxylic acids is 1. The quantitative estimate of drug-likeness (QED) is 0.311. The van der Waals surface area contributed by atoms with Gasteiger partial charge in [0.25, 0.3) is 0 Å². The Morgan fingerprint density at radius 2 is 1.87 bits per heavy atom. The topological polar surface area (TPSA) is 35.5 Å². The molecule has 0 aliphatic rings. The van der Waals surface area contributed by atoms with Crippen molar-refractivity contribution in [2.75, 3.05) is 18.5 Å². The lowest BCUT2D eigenvalue weighted by Crippen LogP contribution is -2.11. The van der Waals surface area contributed by atoms with Crippen molar-refractivity contribution in [3.8, 4) is 0 Å². The SMILES string of the molecule is C=C(CBr)CC=O.CCOC(C)OCC. The van der Waals surface area contributed by atoms with Crippen LogP contribution in [0.5, 0.6) is 0 Å². The first-order chi connectivity index (χ1) is 7.12. The van der Waals surface area contributed by atoms with Gasteiger partial charge in [0.1, 0.15) is 6.29 Å². The molecule has 0 aromatic heterocycles. The minimum atomic E-state index is -0.0370. The fourth-order valence-electron chi connectivity index (χ4n) is 0.690. The molecule has 0 saturated carbocycles. The van der Waals surface area contributed by atoms with Gasteiger partial charge in [-0.25, -0.2) is 0 Å². The Labute approximate surface area is 101 Å². The van der Waals surface area contributed by atoms with Gasteiger partial charge in [-0.05, 0) is 20.8 Å². The normalized spacial score (nSPS) is 9.40. The van der Waals surface area contributed by atoms with Crippen molar-refractivity contribution >= 4 is 22.2 Å². The van der Waals surface area contributed by atoms with Crippen LogP contribution in [0, 0.1) is 0 Å². The molecule has 0 bridgehead atoms. The molecule has 0 unspecified atom stereocenters. The van der Waals surface area contributed by atoms with E-state index in [4.69, 9.17) is 9.47 Å². The van der Waals surface area contributed by atoms with Gasteiger partial charge in [0.2, 0.25) is 0 Å². The zero-order valence-corrected chi connectivity index (χ0v) is 11.4. The Bertz CT molecular complexity index is 154.